The van der Waals surface area contributed by atoms with Crippen LogP contribution in [0, 0.1) is 19.8 Å². The van der Waals surface area contributed by atoms with Gasteiger partial charge in [-0.2, -0.15) is 0 Å². The van der Waals surface area contributed by atoms with E-state index in [-0.39, 0.29) is 29.0 Å². The first-order chi connectivity index (χ1) is 15.9. The molecule has 0 radical (unpaired) electrons. The number of amides is 1. The van der Waals surface area contributed by atoms with Crippen LogP contribution >= 0.6 is 0 Å². The largest absolute Gasteiger partial charge is 0.493 e. The molecule has 3 atom stereocenters. The van der Waals surface area contributed by atoms with Crippen molar-refractivity contribution < 1.29 is 29.0 Å². The van der Waals surface area contributed by atoms with Crippen molar-refractivity contribution in [1.29, 1.82) is 0 Å². The zero-order chi connectivity index (χ0) is 25.7. The molecule has 0 aliphatic heterocycles. The Morgan fingerprint density at radius 1 is 1.06 bits per heavy atom. The summed E-state index contributed by atoms with van der Waals surface area (Å²) in [6, 6.07) is 5.92. The number of carboxylic acid groups (broad SMARTS) is 1. The summed E-state index contributed by atoms with van der Waals surface area (Å²) in [5.74, 6) is -2.51. The van der Waals surface area contributed by atoms with E-state index in [1.807, 2.05) is 46.8 Å². The molecule has 1 aromatic heterocycles. The summed E-state index contributed by atoms with van der Waals surface area (Å²) in [6.07, 6.45) is 1.36. The van der Waals surface area contributed by atoms with Crippen molar-refractivity contribution in [3.63, 3.8) is 0 Å². The Morgan fingerprint density at radius 3 is 2.21 bits per heavy atom. The molecule has 0 fully saturated rings. The minimum atomic E-state index is -1.16. The van der Waals surface area contributed by atoms with Crippen molar-refractivity contribution in [2.24, 2.45) is 5.92 Å². The zero-order valence-electron chi connectivity index (χ0n) is 21.1. The van der Waals surface area contributed by atoms with E-state index in [1.165, 1.54) is 38.1 Å². The van der Waals surface area contributed by atoms with Crippen LogP contribution in [0.25, 0.3) is 0 Å². The first-order valence-electron chi connectivity index (χ1n) is 11.2. The third-order valence-electron chi connectivity index (χ3n) is 6.01. The van der Waals surface area contributed by atoms with E-state index in [1.54, 1.807) is 0 Å². The Kier molecular flexibility index (Phi) is 8.79. The second-order valence-electron chi connectivity index (χ2n) is 8.88. The molecule has 8 heteroatoms. The number of carbonyl (C=O) groups is 3. The molecule has 34 heavy (non-hydrogen) atoms. The SMILES string of the molecule is COc1ccnc(C(=O)N(C(C)[C@H](c2ccc(C)cc2C)C(C)C)[C@@H](C)C(=O)O)c1OC(C)=O. The number of methoxy groups -OCH3 is 1. The predicted octanol–water partition coefficient (Wildman–Crippen LogP) is 4.38. The number of benzene rings is 1. The molecule has 1 heterocycles. The van der Waals surface area contributed by atoms with Crippen LogP contribution in [0.2, 0.25) is 0 Å². The predicted molar refractivity (Wildman–Crippen MR) is 128 cm³/mol. The molecule has 1 aromatic carbocycles. The van der Waals surface area contributed by atoms with Gasteiger partial charge in [0.2, 0.25) is 5.75 Å². The number of carboxylic acids is 1. The quantitative estimate of drug-likeness (QED) is 0.542. The number of pyridine rings is 1. The van der Waals surface area contributed by atoms with Crippen LogP contribution in [0.15, 0.2) is 30.5 Å². The number of nitrogens with zero attached hydrogens (tertiary/aromatic N) is 2. The lowest BCUT2D eigenvalue weighted by Gasteiger charge is -2.39. The minimum Gasteiger partial charge on any atom is -0.493 e. The van der Waals surface area contributed by atoms with E-state index < -0.39 is 29.9 Å². The molecule has 1 N–H and O–H groups in total. The van der Waals surface area contributed by atoms with Crippen molar-refractivity contribution in [3.05, 3.63) is 52.8 Å². The van der Waals surface area contributed by atoms with Crippen LogP contribution in [0.3, 0.4) is 0 Å². The maximum absolute atomic E-state index is 13.9. The van der Waals surface area contributed by atoms with E-state index >= 15 is 0 Å². The number of aliphatic carboxylic acids is 1. The number of carbonyl (C=O) groups excluding carboxylic acids is 2. The molecule has 2 aromatic rings. The third-order valence-corrected chi connectivity index (χ3v) is 6.01. The van der Waals surface area contributed by atoms with Crippen LogP contribution in [0.1, 0.15) is 67.7 Å². The molecule has 8 nitrogen and oxygen atoms in total. The molecule has 1 unspecified atom stereocenters. The van der Waals surface area contributed by atoms with Gasteiger partial charge in [-0.25, -0.2) is 9.78 Å². The van der Waals surface area contributed by atoms with Gasteiger partial charge in [-0.3, -0.25) is 9.59 Å². The summed E-state index contributed by atoms with van der Waals surface area (Å²) in [5.41, 5.74) is 3.05. The molecular formula is C26H34N2O6. The molecule has 0 saturated heterocycles. The number of aromatic nitrogens is 1. The van der Waals surface area contributed by atoms with Gasteiger partial charge >= 0.3 is 11.9 Å². The fourth-order valence-corrected chi connectivity index (χ4v) is 4.49. The first-order valence-corrected chi connectivity index (χ1v) is 11.2. The Labute approximate surface area is 200 Å². The van der Waals surface area contributed by atoms with Gasteiger partial charge in [0.25, 0.3) is 5.91 Å². The number of esters is 1. The van der Waals surface area contributed by atoms with E-state index in [2.05, 4.69) is 11.1 Å². The van der Waals surface area contributed by atoms with Crippen LogP contribution in [-0.2, 0) is 9.59 Å². The van der Waals surface area contributed by atoms with Gasteiger partial charge in [0.15, 0.2) is 11.4 Å². The van der Waals surface area contributed by atoms with E-state index in [0.717, 1.165) is 16.7 Å². The standard InChI is InChI=1S/C26H34N2O6/c1-14(2)22(20-10-9-15(3)13-16(20)4)17(5)28(18(6)26(31)32)25(30)23-24(34-19(7)29)21(33-8)11-12-27-23/h9-14,17-18,22H,1-8H3,(H,31,32)/t17?,18-,22+/m0/s1. The molecule has 184 valence electrons. The highest BCUT2D eigenvalue weighted by Crippen LogP contribution is 2.37. The number of ether oxygens (including phenoxy) is 2. The van der Waals surface area contributed by atoms with Gasteiger partial charge in [0.1, 0.15) is 6.04 Å². The zero-order valence-corrected chi connectivity index (χ0v) is 21.1. The number of aryl methyl sites for hydroxylation is 2. The molecular weight excluding hydrogens is 436 g/mol. The van der Waals surface area contributed by atoms with E-state index in [4.69, 9.17) is 9.47 Å². The second kappa shape index (κ2) is 11.1. The molecule has 0 saturated carbocycles. The average molecular weight is 471 g/mol. The lowest BCUT2D eigenvalue weighted by atomic mass is 9.79. The number of rotatable bonds is 9. The fourth-order valence-electron chi connectivity index (χ4n) is 4.49. The van der Waals surface area contributed by atoms with E-state index in [0.29, 0.717) is 0 Å². The van der Waals surface area contributed by atoms with Gasteiger partial charge in [-0.05, 0) is 44.7 Å². The first kappa shape index (κ1) is 26.8. The van der Waals surface area contributed by atoms with Gasteiger partial charge < -0.3 is 19.5 Å². The lowest BCUT2D eigenvalue weighted by Crippen LogP contribution is -2.51. The van der Waals surface area contributed by atoms with Gasteiger partial charge in [-0.15, -0.1) is 0 Å². The minimum absolute atomic E-state index is 0.0962. The monoisotopic (exact) mass is 470 g/mol. The Bertz CT molecular complexity index is 1070. The van der Waals surface area contributed by atoms with Crippen molar-refractivity contribution in [3.8, 4) is 11.5 Å². The maximum Gasteiger partial charge on any atom is 0.326 e. The number of hydrogen-bond donors (Lipinski definition) is 1. The normalized spacial score (nSPS) is 13.7. The highest BCUT2D eigenvalue weighted by Gasteiger charge is 2.39. The summed E-state index contributed by atoms with van der Waals surface area (Å²) in [7, 11) is 1.38. The van der Waals surface area contributed by atoms with Crippen LogP contribution in [0.4, 0.5) is 0 Å². The molecule has 0 aliphatic rings. The molecule has 2 rings (SSSR count). The summed E-state index contributed by atoms with van der Waals surface area (Å²) >= 11 is 0. The third kappa shape index (κ3) is 5.73. The van der Waals surface area contributed by atoms with Crippen LogP contribution in [-0.4, -0.2) is 52.0 Å². The van der Waals surface area contributed by atoms with Gasteiger partial charge in [0, 0.05) is 31.1 Å². The summed E-state index contributed by atoms with van der Waals surface area (Å²) in [5, 5.41) is 9.87. The van der Waals surface area contributed by atoms with Crippen molar-refractivity contribution in [2.75, 3.05) is 7.11 Å². The molecule has 1 amide bonds. The van der Waals surface area contributed by atoms with E-state index in [9.17, 15) is 19.5 Å². The maximum atomic E-state index is 13.9. The summed E-state index contributed by atoms with van der Waals surface area (Å²) in [4.78, 5) is 43.1. The Morgan fingerprint density at radius 2 is 1.71 bits per heavy atom. The van der Waals surface area contributed by atoms with Crippen LogP contribution < -0.4 is 9.47 Å². The topological polar surface area (TPSA) is 106 Å². The molecule has 0 aliphatic carbocycles. The summed E-state index contributed by atoms with van der Waals surface area (Å²) in [6.45, 7) is 12.6. The highest BCUT2D eigenvalue weighted by atomic mass is 16.6. The van der Waals surface area contributed by atoms with Crippen molar-refractivity contribution in [1.82, 2.24) is 9.88 Å². The van der Waals surface area contributed by atoms with Gasteiger partial charge in [-0.1, -0.05) is 37.6 Å². The van der Waals surface area contributed by atoms with Crippen molar-refractivity contribution in [2.45, 2.75) is 66.5 Å². The highest BCUT2D eigenvalue weighted by molar-refractivity contribution is 5.98. The lowest BCUT2D eigenvalue weighted by molar-refractivity contribution is -0.142. The average Bonchev–Trinajstić information content (AvgIpc) is 2.74. The fraction of sp³-hybridized carbons (Fsp3) is 0.462. The van der Waals surface area contributed by atoms with Gasteiger partial charge in [0.05, 0.1) is 7.11 Å². The smallest absolute Gasteiger partial charge is 0.326 e. The second-order valence-corrected chi connectivity index (χ2v) is 8.88. The Hall–Kier alpha value is -3.42. The summed E-state index contributed by atoms with van der Waals surface area (Å²) < 4.78 is 10.5. The number of hydrogen-bond acceptors (Lipinski definition) is 6. The molecule has 0 bridgehead atoms. The Balaban J connectivity index is 2.67. The van der Waals surface area contributed by atoms with Crippen molar-refractivity contribution >= 4 is 17.8 Å². The molecule has 0 spiro atoms. The van der Waals surface area contributed by atoms with Crippen LogP contribution in [0.5, 0.6) is 11.5 Å².